The van der Waals surface area contributed by atoms with Crippen LogP contribution in [0.3, 0.4) is 0 Å². The monoisotopic (exact) mass is 430 g/mol. The van der Waals surface area contributed by atoms with Gasteiger partial charge in [-0.1, -0.05) is 20.8 Å². The zero-order valence-corrected chi connectivity index (χ0v) is 20.8. The van der Waals surface area contributed by atoms with Gasteiger partial charge in [-0.05, 0) is 106 Å². The molecule has 4 nitrogen and oxygen atoms in total. The maximum Gasteiger partial charge on any atom is 0.0967 e. The molecule has 6 rings (SSSR count). The zero-order chi connectivity index (χ0) is 22.0. The van der Waals surface area contributed by atoms with Gasteiger partial charge < -0.3 is 14.7 Å². The number of aliphatic hydroxyl groups is 1. The van der Waals surface area contributed by atoms with Crippen LogP contribution in [0.5, 0.6) is 0 Å². The number of ether oxygens (including phenoxy) is 1. The molecule has 6 aliphatic rings. The average molecular weight is 431 g/mol. The van der Waals surface area contributed by atoms with Crippen molar-refractivity contribution in [1.29, 1.82) is 0 Å². The third-order valence-corrected chi connectivity index (χ3v) is 13.2. The molecule has 5 aliphatic carbocycles. The first-order valence-corrected chi connectivity index (χ1v) is 13.2. The Hall–Kier alpha value is -0.160. The summed E-state index contributed by atoms with van der Waals surface area (Å²) >= 11 is 0. The molecule has 11 unspecified atom stereocenters. The summed E-state index contributed by atoms with van der Waals surface area (Å²) in [5.74, 6) is 2.00. The standard InChI is InChI=1S/C27H46N2O2/c1-17(29(5)6)22-18(30)13-25(4)20-8-7-19-23(2)15-31-16-28-21(23)9-10-26(19)14-27(20,26)12-11-24(22,25)3/h17-22,28,30H,7-16H2,1-6H3. The highest BCUT2D eigenvalue weighted by Gasteiger charge is 2.83. The second-order valence-electron chi connectivity index (χ2n) is 13.8. The topological polar surface area (TPSA) is 44.7 Å². The highest BCUT2D eigenvalue weighted by molar-refractivity contribution is 5.32. The Morgan fingerprint density at radius 2 is 1.68 bits per heavy atom. The molecule has 4 heteroatoms. The molecule has 31 heavy (non-hydrogen) atoms. The minimum Gasteiger partial charge on any atom is -0.393 e. The lowest BCUT2D eigenvalue weighted by molar-refractivity contribution is -0.172. The second-order valence-corrected chi connectivity index (χ2v) is 13.8. The van der Waals surface area contributed by atoms with E-state index in [2.05, 4.69) is 52.0 Å². The molecule has 5 saturated carbocycles. The lowest BCUT2D eigenvalue weighted by atomic mass is 9.41. The Morgan fingerprint density at radius 3 is 2.42 bits per heavy atom. The largest absolute Gasteiger partial charge is 0.393 e. The van der Waals surface area contributed by atoms with Gasteiger partial charge in [0.25, 0.3) is 0 Å². The molecule has 2 N–H and O–H groups in total. The fraction of sp³-hybridized carbons (Fsp3) is 1.00. The Kier molecular flexibility index (Phi) is 4.33. The van der Waals surface area contributed by atoms with Crippen LogP contribution in [0.2, 0.25) is 0 Å². The van der Waals surface area contributed by atoms with E-state index in [1.54, 1.807) is 0 Å². The lowest BCUT2D eigenvalue weighted by Crippen LogP contribution is -2.63. The van der Waals surface area contributed by atoms with Gasteiger partial charge >= 0.3 is 0 Å². The summed E-state index contributed by atoms with van der Waals surface area (Å²) < 4.78 is 6.02. The molecular formula is C27H46N2O2. The fourth-order valence-electron chi connectivity index (χ4n) is 11.4. The van der Waals surface area contributed by atoms with Crippen molar-refractivity contribution in [1.82, 2.24) is 10.2 Å². The van der Waals surface area contributed by atoms with E-state index in [-0.39, 0.29) is 16.9 Å². The van der Waals surface area contributed by atoms with Crippen molar-refractivity contribution in [3.8, 4) is 0 Å². The minimum atomic E-state index is -0.154. The van der Waals surface area contributed by atoms with Crippen LogP contribution in [0.4, 0.5) is 0 Å². The predicted molar refractivity (Wildman–Crippen MR) is 123 cm³/mol. The highest BCUT2D eigenvalue weighted by atomic mass is 16.5. The van der Waals surface area contributed by atoms with Gasteiger partial charge in [-0.3, -0.25) is 5.32 Å². The van der Waals surface area contributed by atoms with Gasteiger partial charge in [0.2, 0.25) is 0 Å². The number of nitrogens with one attached hydrogen (secondary N) is 1. The summed E-state index contributed by atoms with van der Waals surface area (Å²) in [6.45, 7) is 11.8. The first-order chi connectivity index (χ1) is 14.6. The molecule has 1 aliphatic heterocycles. The third kappa shape index (κ3) is 2.27. The molecule has 11 atom stereocenters. The summed E-state index contributed by atoms with van der Waals surface area (Å²) in [5, 5.41) is 15.2. The van der Waals surface area contributed by atoms with E-state index in [1.807, 2.05) is 0 Å². The van der Waals surface area contributed by atoms with Crippen molar-refractivity contribution in [3.63, 3.8) is 0 Å². The van der Waals surface area contributed by atoms with Crippen LogP contribution in [0.15, 0.2) is 0 Å². The first kappa shape index (κ1) is 21.4. The van der Waals surface area contributed by atoms with Gasteiger partial charge in [-0.15, -0.1) is 0 Å². The number of hydrogen-bond donors (Lipinski definition) is 2. The summed E-state index contributed by atoms with van der Waals surface area (Å²) in [6.07, 6.45) is 10.5. The number of aliphatic hydroxyl groups excluding tert-OH is 1. The van der Waals surface area contributed by atoms with Crippen LogP contribution in [0, 0.1) is 44.8 Å². The van der Waals surface area contributed by atoms with Gasteiger partial charge in [-0.2, -0.15) is 0 Å². The molecule has 1 heterocycles. The molecule has 0 amide bonds. The molecule has 2 spiro atoms. The Morgan fingerprint density at radius 1 is 0.968 bits per heavy atom. The average Bonchev–Trinajstić information content (AvgIpc) is 3.32. The highest BCUT2D eigenvalue weighted by Crippen LogP contribution is 2.89. The van der Waals surface area contributed by atoms with Crippen LogP contribution in [0.1, 0.15) is 79.1 Å². The Labute approximate surface area is 189 Å². The van der Waals surface area contributed by atoms with Crippen LogP contribution in [0.25, 0.3) is 0 Å². The van der Waals surface area contributed by atoms with E-state index in [1.165, 1.54) is 44.9 Å². The summed E-state index contributed by atoms with van der Waals surface area (Å²) in [6, 6.07) is 1.08. The van der Waals surface area contributed by atoms with Gasteiger partial charge in [0, 0.05) is 23.4 Å². The van der Waals surface area contributed by atoms with E-state index < -0.39 is 0 Å². The molecule has 0 bridgehead atoms. The molecule has 0 radical (unpaired) electrons. The normalized spacial score (nSPS) is 61.0. The number of rotatable bonds is 2. The second kappa shape index (κ2) is 6.29. The molecule has 0 aromatic heterocycles. The van der Waals surface area contributed by atoms with Crippen molar-refractivity contribution in [3.05, 3.63) is 0 Å². The van der Waals surface area contributed by atoms with Gasteiger partial charge in [0.05, 0.1) is 19.4 Å². The fourth-order valence-corrected chi connectivity index (χ4v) is 11.4. The summed E-state index contributed by atoms with van der Waals surface area (Å²) in [5.41, 5.74) is 1.94. The van der Waals surface area contributed by atoms with Crippen LogP contribution < -0.4 is 5.32 Å². The SMILES string of the molecule is CC(C1C(O)CC2(C)C3CCC4C5(C)COCNC5CCC45CC35CCC12C)N(C)C. The number of nitrogens with zero attached hydrogens (tertiary/aromatic N) is 1. The van der Waals surface area contributed by atoms with E-state index in [4.69, 9.17) is 4.74 Å². The van der Waals surface area contributed by atoms with Gasteiger partial charge in [0.15, 0.2) is 0 Å². The Bertz CT molecular complexity index is 772. The van der Waals surface area contributed by atoms with Gasteiger partial charge in [-0.25, -0.2) is 0 Å². The molecule has 0 aromatic carbocycles. The zero-order valence-electron chi connectivity index (χ0n) is 20.8. The number of hydrogen-bond acceptors (Lipinski definition) is 4. The molecule has 0 aromatic rings. The maximum atomic E-state index is 11.4. The van der Waals surface area contributed by atoms with Crippen LogP contribution in [-0.4, -0.2) is 55.6 Å². The van der Waals surface area contributed by atoms with Crippen molar-refractivity contribution in [2.45, 2.75) is 97.2 Å². The van der Waals surface area contributed by atoms with Crippen LogP contribution in [-0.2, 0) is 4.74 Å². The summed E-state index contributed by atoms with van der Waals surface area (Å²) in [7, 11) is 4.39. The van der Waals surface area contributed by atoms with Crippen molar-refractivity contribution in [2.75, 3.05) is 27.4 Å². The smallest absolute Gasteiger partial charge is 0.0967 e. The molecule has 6 fully saturated rings. The maximum absolute atomic E-state index is 11.4. The van der Waals surface area contributed by atoms with Gasteiger partial charge in [0.1, 0.15) is 0 Å². The summed E-state index contributed by atoms with van der Waals surface area (Å²) in [4.78, 5) is 2.35. The van der Waals surface area contributed by atoms with Crippen molar-refractivity contribution < 1.29 is 9.84 Å². The van der Waals surface area contributed by atoms with Crippen molar-refractivity contribution in [2.24, 2.45) is 44.8 Å². The van der Waals surface area contributed by atoms with E-state index in [0.29, 0.717) is 34.2 Å². The molecule has 1 saturated heterocycles. The number of fused-ring (bicyclic) bond motifs is 4. The van der Waals surface area contributed by atoms with Crippen LogP contribution >= 0.6 is 0 Å². The quantitative estimate of drug-likeness (QED) is 0.687. The third-order valence-electron chi connectivity index (χ3n) is 13.2. The lowest BCUT2D eigenvalue weighted by Gasteiger charge is -2.64. The minimum absolute atomic E-state index is 0.154. The predicted octanol–water partition coefficient (Wildman–Crippen LogP) is 4.27. The molecule has 176 valence electrons. The van der Waals surface area contributed by atoms with E-state index in [0.717, 1.165) is 31.6 Å². The molecular weight excluding hydrogens is 384 g/mol. The first-order valence-electron chi connectivity index (χ1n) is 13.2. The Balaban J connectivity index is 1.36. The van der Waals surface area contributed by atoms with E-state index >= 15 is 0 Å². The van der Waals surface area contributed by atoms with E-state index in [9.17, 15) is 5.11 Å². The van der Waals surface area contributed by atoms with Crippen molar-refractivity contribution >= 4 is 0 Å².